The van der Waals surface area contributed by atoms with E-state index in [1.54, 1.807) is 27.7 Å². The number of carbonyl (C=O) groups is 1. The number of para-hydroxylation sites is 1. The van der Waals surface area contributed by atoms with E-state index in [9.17, 15) is 9.59 Å². The minimum atomic E-state index is -0.119. The van der Waals surface area contributed by atoms with Gasteiger partial charge in [-0.25, -0.2) is 4.98 Å². The van der Waals surface area contributed by atoms with Gasteiger partial charge in [-0.1, -0.05) is 47.6 Å². The van der Waals surface area contributed by atoms with Gasteiger partial charge in [-0.05, 0) is 29.8 Å². The van der Waals surface area contributed by atoms with Gasteiger partial charge in [0.2, 0.25) is 5.91 Å². The van der Waals surface area contributed by atoms with Crippen molar-refractivity contribution in [3.8, 4) is 0 Å². The van der Waals surface area contributed by atoms with Crippen molar-refractivity contribution in [2.45, 2.75) is 11.7 Å². The van der Waals surface area contributed by atoms with E-state index in [1.807, 2.05) is 30.3 Å². The monoisotopic (exact) mass is 429 g/mol. The lowest BCUT2D eigenvalue weighted by Crippen LogP contribution is -2.41. The third-order valence-electron chi connectivity index (χ3n) is 4.77. The van der Waals surface area contributed by atoms with Crippen LogP contribution in [0.3, 0.4) is 0 Å². The van der Waals surface area contributed by atoms with E-state index >= 15 is 0 Å². The van der Waals surface area contributed by atoms with Crippen LogP contribution in [0.2, 0.25) is 5.02 Å². The van der Waals surface area contributed by atoms with Gasteiger partial charge in [0.25, 0.3) is 5.56 Å². The number of halogens is 1. The normalized spacial score (nSPS) is 14.3. The van der Waals surface area contributed by atoms with E-state index in [0.717, 1.165) is 5.56 Å². The van der Waals surface area contributed by atoms with Crippen LogP contribution in [0.5, 0.6) is 0 Å². The van der Waals surface area contributed by atoms with Crippen LogP contribution >= 0.6 is 23.4 Å². The molecule has 0 N–H and O–H groups in total. The summed E-state index contributed by atoms with van der Waals surface area (Å²) in [6.45, 7) is 2.68. The maximum atomic E-state index is 13.1. The molecule has 1 aliphatic rings. The van der Waals surface area contributed by atoms with Gasteiger partial charge >= 0.3 is 0 Å². The highest BCUT2D eigenvalue weighted by molar-refractivity contribution is 7.99. The minimum Gasteiger partial charge on any atom is -0.378 e. The van der Waals surface area contributed by atoms with Crippen LogP contribution < -0.4 is 5.56 Å². The molecule has 150 valence electrons. The highest BCUT2D eigenvalue weighted by Gasteiger charge is 2.19. The lowest BCUT2D eigenvalue weighted by atomic mass is 10.2. The maximum absolute atomic E-state index is 13.1. The fourth-order valence-corrected chi connectivity index (χ4v) is 4.23. The Kier molecular flexibility index (Phi) is 6.18. The number of hydrogen-bond donors (Lipinski definition) is 0. The Morgan fingerprint density at radius 1 is 1.10 bits per heavy atom. The molecule has 2 aromatic carbocycles. The Bertz CT molecular complexity index is 1080. The van der Waals surface area contributed by atoms with E-state index in [1.165, 1.54) is 11.8 Å². The number of nitrogens with zero attached hydrogens (tertiary/aromatic N) is 3. The molecule has 8 heteroatoms. The SMILES string of the molecule is O=C(CSc1nc2ccccc2c(=O)n1Cc1ccc(Cl)cc1)N1CCOCC1. The molecule has 6 nitrogen and oxygen atoms in total. The molecule has 1 fully saturated rings. The van der Waals surface area contributed by atoms with Crippen molar-refractivity contribution in [2.24, 2.45) is 0 Å². The second-order valence-electron chi connectivity index (χ2n) is 6.71. The summed E-state index contributed by atoms with van der Waals surface area (Å²) in [6, 6.07) is 14.6. The molecule has 1 aromatic heterocycles. The van der Waals surface area contributed by atoms with Crippen molar-refractivity contribution >= 4 is 40.2 Å². The van der Waals surface area contributed by atoms with Crippen molar-refractivity contribution < 1.29 is 9.53 Å². The number of morpholine rings is 1. The molecule has 0 radical (unpaired) electrons. The predicted molar refractivity (Wildman–Crippen MR) is 115 cm³/mol. The fraction of sp³-hybridized carbons (Fsp3) is 0.286. The third kappa shape index (κ3) is 4.63. The number of ether oxygens (including phenoxy) is 1. The highest BCUT2D eigenvalue weighted by Crippen LogP contribution is 2.20. The summed E-state index contributed by atoms with van der Waals surface area (Å²) in [6.07, 6.45) is 0. The summed E-state index contributed by atoms with van der Waals surface area (Å²) in [5.41, 5.74) is 1.45. The number of carbonyl (C=O) groups excluding carboxylic acids is 1. The number of amides is 1. The predicted octanol–water partition coefficient (Wildman–Crippen LogP) is 3.05. The molecule has 0 spiro atoms. The van der Waals surface area contributed by atoms with Gasteiger partial charge in [0.15, 0.2) is 5.16 Å². The van der Waals surface area contributed by atoms with Crippen molar-refractivity contribution in [3.05, 3.63) is 69.5 Å². The number of hydrogen-bond acceptors (Lipinski definition) is 5. The summed E-state index contributed by atoms with van der Waals surface area (Å²) in [4.78, 5) is 32.1. The number of fused-ring (bicyclic) bond motifs is 1. The lowest BCUT2D eigenvalue weighted by Gasteiger charge is -2.26. The Hall–Kier alpha value is -2.35. The lowest BCUT2D eigenvalue weighted by molar-refractivity contribution is -0.132. The van der Waals surface area contributed by atoms with Gasteiger partial charge in [0.05, 0.1) is 36.4 Å². The molecule has 2 heterocycles. The molecule has 29 heavy (non-hydrogen) atoms. The molecule has 0 bridgehead atoms. The van der Waals surface area contributed by atoms with Gasteiger partial charge in [0.1, 0.15) is 0 Å². The van der Waals surface area contributed by atoms with Crippen LogP contribution in [-0.2, 0) is 16.1 Å². The maximum Gasteiger partial charge on any atom is 0.262 e. The Morgan fingerprint density at radius 2 is 1.83 bits per heavy atom. The van der Waals surface area contributed by atoms with Crippen LogP contribution in [0.25, 0.3) is 10.9 Å². The van der Waals surface area contributed by atoms with E-state index in [0.29, 0.717) is 53.9 Å². The second kappa shape index (κ2) is 8.98. The van der Waals surface area contributed by atoms with Crippen molar-refractivity contribution in [1.82, 2.24) is 14.5 Å². The van der Waals surface area contributed by atoms with Crippen LogP contribution in [0, 0.1) is 0 Å². The molecular weight excluding hydrogens is 410 g/mol. The van der Waals surface area contributed by atoms with Crippen LogP contribution in [0.4, 0.5) is 0 Å². The zero-order valence-corrected chi connectivity index (χ0v) is 17.3. The van der Waals surface area contributed by atoms with Gasteiger partial charge in [0, 0.05) is 18.1 Å². The summed E-state index contributed by atoms with van der Waals surface area (Å²) < 4.78 is 6.93. The molecule has 3 aromatic rings. The molecule has 0 aliphatic carbocycles. The Balaban J connectivity index is 1.64. The number of thioether (sulfide) groups is 1. The van der Waals surface area contributed by atoms with Crippen molar-refractivity contribution in [1.29, 1.82) is 0 Å². The first-order valence-corrected chi connectivity index (χ1v) is 10.7. The zero-order chi connectivity index (χ0) is 20.2. The topological polar surface area (TPSA) is 64.4 Å². The number of benzene rings is 2. The van der Waals surface area contributed by atoms with Gasteiger partial charge in [-0.15, -0.1) is 0 Å². The standard InChI is InChI=1S/C21H20ClN3O3S/c22-16-7-5-15(6-8-16)13-25-20(27)17-3-1-2-4-18(17)23-21(25)29-14-19(26)24-9-11-28-12-10-24/h1-8H,9-14H2. The highest BCUT2D eigenvalue weighted by atomic mass is 35.5. The fourth-order valence-electron chi connectivity index (χ4n) is 3.20. The molecule has 0 atom stereocenters. The summed E-state index contributed by atoms with van der Waals surface area (Å²) in [5.74, 6) is 0.254. The molecule has 1 amide bonds. The second-order valence-corrected chi connectivity index (χ2v) is 8.09. The summed E-state index contributed by atoms with van der Waals surface area (Å²) >= 11 is 7.27. The van der Waals surface area contributed by atoms with E-state index in [4.69, 9.17) is 16.3 Å². The molecule has 0 saturated carbocycles. The Morgan fingerprint density at radius 3 is 2.59 bits per heavy atom. The number of rotatable bonds is 5. The average Bonchev–Trinajstić information content (AvgIpc) is 2.76. The Labute approximate surface area is 177 Å². The quantitative estimate of drug-likeness (QED) is 0.460. The van der Waals surface area contributed by atoms with Gasteiger partial charge < -0.3 is 9.64 Å². The van der Waals surface area contributed by atoms with Gasteiger partial charge in [-0.3, -0.25) is 14.2 Å². The number of aromatic nitrogens is 2. The van der Waals surface area contributed by atoms with Crippen molar-refractivity contribution in [3.63, 3.8) is 0 Å². The molecular formula is C21H20ClN3O3S. The van der Waals surface area contributed by atoms with Crippen LogP contribution in [-0.4, -0.2) is 52.4 Å². The first-order chi connectivity index (χ1) is 14.1. The average molecular weight is 430 g/mol. The first-order valence-electron chi connectivity index (χ1n) is 9.34. The van der Waals surface area contributed by atoms with Crippen molar-refractivity contribution in [2.75, 3.05) is 32.1 Å². The molecule has 4 rings (SSSR count). The van der Waals surface area contributed by atoms with E-state index in [-0.39, 0.29) is 17.2 Å². The van der Waals surface area contributed by atoms with Gasteiger partial charge in [-0.2, -0.15) is 0 Å². The first kappa shape index (κ1) is 19.9. The molecule has 0 unspecified atom stereocenters. The van der Waals surface area contributed by atoms with E-state index in [2.05, 4.69) is 4.98 Å². The largest absolute Gasteiger partial charge is 0.378 e. The summed E-state index contributed by atoms with van der Waals surface area (Å²) in [5, 5.41) is 1.74. The smallest absolute Gasteiger partial charge is 0.262 e. The van der Waals surface area contributed by atoms with E-state index < -0.39 is 0 Å². The minimum absolute atomic E-state index is 0.0266. The molecule has 1 saturated heterocycles. The summed E-state index contributed by atoms with van der Waals surface area (Å²) in [7, 11) is 0. The zero-order valence-electron chi connectivity index (χ0n) is 15.7. The van der Waals surface area contributed by atoms with Crippen LogP contribution in [0.15, 0.2) is 58.5 Å². The third-order valence-corrected chi connectivity index (χ3v) is 5.98. The molecule has 1 aliphatic heterocycles. The van der Waals surface area contributed by atoms with Crippen LogP contribution in [0.1, 0.15) is 5.56 Å².